The molecule has 0 amide bonds. The topological polar surface area (TPSA) is 80.4 Å². The Hall–Kier alpha value is -0.910. The van der Waals surface area contributed by atoms with Crippen LogP contribution in [-0.2, 0) is 10.1 Å². The molecule has 3 rings (SSSR count). The highest BCUT2D eigenvalue weighted by Crippen LogP contribution is 2.45. The van der Waals surface area contributed by atoms with Gasteiger partial charge in [-0.05, 0) is 36.2 Å². The van der Waals surface area contributed by atoms with E-state index in [4.69, 9.17) is 10.3 Å². The van der Waals surface area contributed by atoms with Crippen molar-refractivity contribution in [1.29, 1.82) is 0 Å². The van der Waals surface area contributed by atoms with Crippen LogP contribution in [-0.4, -0.2) is 25.3 Å². The van der Waals surface area contributed by atoms with E-state index in [9.17, 15) is 8.42 Å². The van der Waals surface area contributed by atoms with Crippen LogP contribution in [0.1, 0.15) is 50.0 Å². The minimum absolute atomic E-state index is 0.386. The van der Waals surface area contributed by atoms with Crippen LogP contribution in [0.25, 0.3) is 0 Å². The average molecular weight is 325 g/mol. The molecule has 2 fully saturated rings. The molecule has 0 bridgehead atoms. The van der Waals surface area contributed by atoms with Crippen LogP contribution >= 0.6 is 0 Å². The first-order valence-corrected chi connectivity index (χ1v) is 9.92. The van der Waals surface area contributed by atoms with Crippen molar-refractivity contribution in [3.05, 3.63) is 35.9 Å². The molecule has 4 atom stereocenters. The predicted molar refractivity (Wildman–Crippen MR) is 89.3 cm³/mol. The van der Waals surface area contributed by atoms with Crippen LogP contribution in [0.5, 0.6) is 0 Å². The van der Waals surface area contributed by atoms with Gasteiger partial charge in [-0.15, -0.1) is 0 Å². The number of nitrogens with two attached hydrogens (primary N) is 1. The predicted octanol–water partition coefficient (Wildman–Crippen LogP) is 3.20. The molecule has 4 unspecified atom stereocenters. The SMILES string of the molecule is CS(=O)(=O)O.NC1CC2CCCCC2CC1c1ccccc1. The molecule has 22 heavy (non-hydrogen) atoms. The van der Waals surface area contributed by atoms with Gasteiger partial charge in [0.2, 0.25) is 0 Å². The van der Waals surface area contributed by atoms with Crippen molar-refractivity contribution in [3.8, 4) is 0 Å². The summed E-state index contributed by atoms with van der Waals surface area (Å²) >= 11 is 0. The highest BCUT2D eigenvalue weighted by Gasteiger charge is 2.36. The van der Waals surface area contributed by atoms with Gasteiger partial charge in [-0.3, -0.25) is 4.55 Å². The highest BCUT2D eigenvalue weighted by molar-refractivity contribution is 7.85. The van der Waals surface area contributed by atoms with Gasteiger partial charge >= 0.3 is 0 Å². The summed E-state index contributed by atoms with van der Waals surface area (Å²) in [6, 6.07) is 11.3. The van der Waals surface area contributed by atoms with E-state index < -0.39 is 10.1 Å². The third-order valence-corrected chi connectivity index (χ3v) is 4.94. The summed E-state index contributed by atoms with van der Waals surface area (Å²) in [5, 5.41) is 0. The van der Waals surface area contributed by atoms with E-state index in [2.05, 4.69) is 30.3 Å². The average Bonchev–Trinajstić information content (AvgIpc) is 2.46. The van der Waals surface area contributed by atoms with E-state index in [0.29, 0.717) is 18.2 Å². The fraction of sp³-hybridized carbons (Fsp3) is 0.647. The van der Waals surface area contributed by atoms with Crippen LogP contribution < -0.4 is 5.73 Å². The Bertz CT molecular complexity index is 551. The standard InChI is InChI=1S/C16H23N.CH4O3S/c17-16-11-14-9-5-4-8-13(14)10-15(16)12-6-2-1-3-7-12;1-5(2,3)4/h1-3,6-7,13-16H,4-5,8-11,17H2;1H3,(H,2,3,4). The number of benzene rings is 1. The molecule has 124 valence electrons. The second-order valence-corrected chi connectivity index (χ2v) is 8.16. The number of fused-ring (bicyclic) bond motifs is 1. The normalized spacial score (nSPS) is 31.6. The lowest BCUT2D eigenvalue weighted by Gasteiger charge is -2.43. The lowest BCUT2D eigenvalue weighted by Crippen LogP contribution is -2.40. The Morgan fingerprint density at radius 2 is 1.55 bits per heavy atom. The first-order valence-electron chi connectivity index (χ1n) is 8.07. The highest BCUT2D eigenvalue weighted by atomic mass is 32.2. The molecule has 0 aliphatic heterocycles. The van der Waals surface area contributed by atoms with Gasteiger partial charge in [0.15, 0.2) is 0 Å². The maximum atomic E-state index is 9.19. The van der Waals surface area contributed by atoms with E-state index in [1.165, 1.54) is 44.1 Å². The molecule has 2 aliphatic rings. The van der Waals surface area contributed by atoms with Gasteiger partial charge in [0.25, 0.3) is 10.1 Å². The lowest BCUT2D eigenvalue weighted by atomic mass is 9.64. The second kappa shape index (κ2) is 7.57. The van der Waals surface area contributed by atoms with Crippen LogP contribution in [0.15, 0.2) is 30.3 Å². The molecule has 1 aromatic rings. The molecule has 3 N–H and O–H groups in total. The zero-order chi connectivity index (χ0) is 16.2. The Morgan fingerprint density at radius 3 is 2.09 bits per heavy atom. The molecule has 0 radical (unpaired) electrons. The van der Waals surface area contributed by atoms with Crippen LogP contribution in [0.4, 0.5) is 0 Å². The van der Waals surface area contributed by atoms with Gasteiger partial charge < -0.3 is 5.73 Å². The van der Waals surface area contributed by atoms with Crippen molar-refractivity contribution in [2.75, 3.05) is 6.26 Å². The Morgan fingerprint density at radius 1 is 1.05 bits per heavy atom. The fourth-order valence-corrected chi connectivity index (χ4v) is 4.00. The van der Waals surface area contributed by atoms with Crippen molar-refractivity contribution < 1.29 is 13.0 Å². The van der Waals surface area contributed by atoms with Gasteiger partial charge in [-0.1, -0.05) is 56.0 Å². The van der Waals surface area contributed by atoms with Crippen LogP contribution in [0, 0.1) is 11.8 Å². The molecule has 0 aromatic heterocycles. The van der Waals surface area contributed by atoms with Crippen LogP contribution in [0.2, 0.25) is 0 Å². The summed E-state index contributed by atoms with van der Waals surface area (Å²) in [5.74, 6) is 2.49. The molecule has 0 saturated heterocycles. The number of rotatable bonds is 1. The first kappa shape index (κ1) is 17.4. The van der Waals surface area contributed by atoms with Crippen molar-refractivity contribution in [1.82, 2.24) is 0 Å². The summed E-state index contributed by atoms with van der Waals surface area (Å²) in [4.78, 5) is 0. The van der Waals surface area contributed by atoms with E-state index in [1.807, 2.05) is 0 Å². The lowest BCUT2D eigenvalue weighted by molar-refractivity contribution is 0.139. The summed E-state index contributed by atoms with van der Waals surface area (Å²) in [6.45, 7) is 0. The largest absolute Gasteiger partial charge is 0.327 e. The molecule has 2 aliphatic carbocycles. The summed E-state index contributed by atoms with van der Waals surface area (Å²) < 4.78 is 25.9. The first-order chi connectivity index (χ1) is 10.3. The summed E-state index contributed by atoms with van der Waals surface area (Å²) in [7, 11) is -3.67. The zero-order valence-corrected chi connectivity index (χ0v) is 14.0. The van der Waals surface area contributed by atoms with Crippen molar-refractivity contribution in [2.45, 2.75) is 50.5 Å². The van der Waals surface area contributed by atoms with Gasteiger partial charge in [0, 0.05) is 6.04 Å². The molecule has 2 saturated carbocycles. The Balaban J connectivity index is 0.000000309. The van der Waals surface area contributed by atoms with Gasteiger partial charge in [0.05, 0.1) is 6.26 Å². The second-order valence-electron chi connectivity index (χ2n) is 6.69. The quantitative estimate of drug-likeness (QED) is 0.777. The minimum Gasteiger partial charge on any atom is -0.327 e. The smallest absolute Gasteiger partial charge is 0.261 e. The Labute approximate surface area is 133 Å². The van der Waals surface area contributed by atoms with E-state index >= 15 is 0 Å². The summed E-state index contributed by atoms with van der Waals surface area (Å²) in [5.41, 5.74) is 7.88. The molecule has 1 aromatic carbocycles. The van der Waals surface area contributed by atoms with E-state index in [1.54, 1.807) is 0 Å². The molecule has 4 nitrogen and oxygen atoms in total. The molecular formula is C17H27NO3S. The minimum atomic E-state index is -3.67. The molecular weight excluding hydrogens is 298 g/mol. The van der Waals surface area contributed by atoms with Crippen molar-refractivity contribution >= 4 is 10.1 Å². The van der Waals surface area contributed by atoms with Gasteiger partial charge in [-0.2, -0.15) is 8.42 Å². The fourth-order valence-electron chi connectivity index (χ4n) is 4.00. The summed E-state index contributed by atoms with van der Waals surface area (Å²) in [6.07, 6.45) is 9.05. The Kier molecular flexibility index (Phi) is 6.01. The van der Waals surface area contributed by atoms with Crippen molar-refractivity contribution in [3.63, 3.8) is 0 Å². The van der Waals surface area contributed by atoms with Crippen LogP contribution in [0.3, 0.4) is 0 Å². The van der Waals surface area contributed by atoms with Gasteiger partial charge in [0.1, 0.15) is 0 Å². The van der Waals surface area contributed by atoms with Crippen molar-refractivity contribution in [2.24, 2.45) is 17.6 Å². The monoisotopic (exact) mass is 325 g/mol. The maximum absolute atomic E-state index is 9.19. The maximum Gasteiger partial charge on any atom is 0.261 e. The third-order valence-electron chi connectivity index (χ3n) is 4.94. The molecule has 5 heteroatoms. The number of hydrogen-bond donors (Lipinski definition) is 2. The molecule has 0 spiro atoms. The van der Waals surface area contributed by atoms with E-state index in [0.717, 1.165) is 11.8 Å². The third kappa shape index (κ3) is 5.38. The zero-order valence-electron chi connectivity index (χ0n) is 13.2. The van der Waals surface area contributed by atoms with E-state index in [-0.39, 0.29) is 0 Å². The number of hydrogen-bond acceptors (Lipinski definition) is 3. The van der Waals surface area contributed by atoms with Gasteiger partial charge in [-0.25, -0.2) is 0 Å². The molecule has 0 heterocycles.